The van der Waals surface area contributed by atoms with Crippen molar-refractivity contribution in [1.29, 1.82) is 0 Å². The third kappa shape index (κ3) is 13.7. The van der Waals surface area contributed by atoms with Crippen molar-refractivity contribution in [3.05, 3.63) is 0 Å². The summed E-state index contributed by atoms with van der Waals surface area (Å²) in [6.45, 7) is 3.04. The van der Waals surface area contributed by atoms with Crippen LogP contribution in [0.3, 0.4) is 0 Å². The van der Waals surface area contributed by atoms with Crippen LogP contribution in [0.25, 0.3) is 0 Å². The first kappa shape index (κ1) is 23.3. The molecule has 0 radical (unpaired) electrons. The van der Waals surface area contributed by atoms with Crippen LogP contribution in [0.5, 0.6) is 0 Å². The van der Waals surface area contributed by atoms with E-state index in [2.05, 4.69) is 6.92 Å². The van der Waals surface area contributed by atoms with Crippen LogP contribution < -0.4 is 0 Å². The van der Waals surface area contributed by atoms with Gasteiger partial charge in [0, 0.05) is 19.5 Å². The smallest absolute Gasteiger partial charge is 0.303 e. The quantitative estimate of drug-likeness (QED) is 0.410. The predicted molar refractivity (Wildman–Crippen MR) is 96.5 cm³/mol. The molecule has 0 saturated heterocycles. The van der Waals surface area contributed by atoms with Crippen LogP contribution in [-0.2, 0) is 14.8 Å². The van der Waals surface area contributed by atoms with E-state index in [-0.39, 0.29) is 12.5 Å². The molecule has 24 heavy (non-hydrogen) atoms. The lowest BCUT2D eigenvalue weighted by Crippen LogP contribution is -2.32. The summed E-state index contributed by atoms with van der Waals surface area (Å²) in [7, 11) is -3.23. The molecule has 0 amide bonds. The third-order valence-electron chi connectivity index (χ3n) is 4.10. The maximum absolute atomic E-state index is 11.8. The summed E-state index contributed by atoms with van der Waals surface area (Å²) in [6.07, 6.45) is 9.42. The first-order valence-corrected chi connectivity index (χ1v) is 11.0. The van der Waals surface area contributed by atoms with E-state index in [1.54, 1.807) is 0 Å². The number of carbonyl (C=O) groups is 1. The molecule has 0 aliphatic heterocycles. The Bertz CT molecular complexity index is 425. The fraction of sp³-hybridized carbons (Fsp3) is 0.941. The van der Waals surface area contributed by atoms with E-state index in [9.17, 15) is 18.3 Å². The number of sulfonamides is 1. The SMILES string of the molecule is CCCCC[C@H](O)CCCN(CCCCCCC(=O)O)S(C)(=O)=O. The number of aliphatic hydroxyl groups is 1. The van der Waals surface area contributed by atoms with Crippen LogP contribution in [0.2, 0.25) is 0 Å². The summed E-state index contributed by atoms with van der Waals surface area (Å²) in [6, 6.07) is 0. The van der Waals surface area contributed by atoms with Gasteiger partial charge in [0.25, 0.3) is 0 Å². The zero-order valence-electron chi connectivity index (χ0n) is 15.2. The number of hydrogen-bond acceptors (Lipinski definition) is 4. The summed E-state index contributed by atoms with van der Waals surface area (Å²) in [4.78, 5) is 10.4. The highest BCUT2D eigenvalue weighted by Crippen LogP contribution is 2.11. The van der Waals surface area contributed by atoms with E-state index in [1.165, 1.54) is 10.6 Å². The Morgan fingerprint density at radius 1 is 0.958 bits per heavy atom. The van der Waals surface area contributed by atoms with Crippen LogP contribution >= 0.6 is 0 Å². The molecule has 0 spiro atoms. The zero-order valence-corrected chi connectivity index (χ0v) is 16.1. The van der Waals surface area contributed by atoms with Gasteiger partial charge < -0.3 is 10.2 Å². The second-order valence-electron chi connectivity index (χ2n) is 6.51. The van der Waals surface area contributed by atoms with E-state index in [4.69, 9.17) is 5.11 Å². The summed E-state index contributed by atoms with van der Waals surface area (Å²) in [5, 5.41) is 18.5. The molecular weight excluding hydrogens is 330 g/mol. The molecule has 0 aromatic rings. The maximum Gasteiger partial charge on any atom is 0.303 e. The fourth-order valence-corrected chi connectivity index (χ4v) is 3.56. The van der Waals surface area contributed by atoms with Gasteiger partial charge in [0.1, 0.15) is 0 Å². The molecule has 2 N–H and O–H groups in total. The standard InChI is InChI=1S/C17H35NO5S/c1-3-4-7-11-16(19)12-10-15-18(24(2,22)23)14-9-6-5-8-13-17(20)21/h16,19H,3-15H2,1-2H3,(H,20,21)/t16-/m0/s1. The molecule has 0 aliphatic carbocycles. The molecule has 0 aromatic heterocycles. The third-order valence-corrected chi connectivity index (χ3v) is 5.41. The molecule has 0 heterocycles. The van der Waals surface area contributed by atoms with Gasteiger partial charge in [-0.1, -0.05) is 39.0 Å². The molecular formula is C17H35NO5S. The lowest BCUT2D eigenvalue weighted by Gasteiger charge is -2.20. The van der Waals surface area contributed by atoms with E-state index in [0.717, 1.165) is 44.9 Å². The lowest BCUT2D eigenvalue weighted by molar-refractivity contribution is -0.137. The number of rotatable bonds is 16. The monoisotopic (exact) mass is 365 g/mol. The number of aliphatic hydroxyl groups excluding tert-OH is 1. The van der Waals surface area contributed by atoms with Crippen LogP contribution in [0.4, 0.5) is 0 Å². The van der Waals surface area contributed by atoms with Gasteiger partial charge in [-0.05, 0) is 32.1 Å². The van der Waals surface area contributed by atoms with Gasteiger partial charge in [0.15, 0.2) is 0 Å². The number of aliphatic carboxylic acids is 1. The number of nitrogens with zero attached hydrogens (tertiary/aromatic N) is 1. The van der Waals surface area contributed by atoms with E-state index >= 15 is 0 Å². The zero-order chi connectivity index (χ0) is 18.4. The van der Waals surface area contributed by atoms with Crippen LogP contribution in [0.15, 0.2) is 0 Å². The summed E-state index contributed by atoms with van der Waals surface area (Å²) in [5.41, 5.74) is 0. The minimum absolute atomic E-state index is 0.172. The molecule has 6 nitrogen and oxygen atoms in total. The Labute approximate surface area is 147 Å². The summed E-state index contributed by atoms with van der Waals surface area (Å²) >= 11 is 0. The number of carboxylic acids is 1. The molecule has 0 rings (SSSR count). The van der Waals surface area contributed by atoms with E-state index in [1.807, 2.05) is 0 Å². The van der Waals surface area contributed by atoms with Crippen molar-refractivity contribution in [2.45, 2.75) is 83.7 Å². The molecule has 0 saturated carbocycles. The molecule has 1 atom stereocenters. The first-order chi connectivity index (χ1) is 11.3. The molecule has 0 unspecified atom stereocenters. The van der Waals surface area contributed by atoms with Crippen LogP contribution in [-0.4, -0.2) is 54.4 Å². The minimum Gasteiger partial charge on any atom is -0.481 e. The number of unbranched alkanes of at least 4 members (excludes halogenated alkanes) is 5. The topological polar surface area (TPSA) is 94.9 Å². The van der Waals surface area contributed by atoms with Crippen molar-refractivity contribution in [3.8, 4) is 0 Å². The maximum atomic E-state index is 11.8. The summed E-state index contributed by atoms with van der Waals surface area (Å²) < 4.78 is 25.1. The molecule has 0 aliphatic rings. The molecule has 0 fully saturated rings. The van der Waals surface area contributed by atoms with Gasteiger partial charge in [-0.15, -0.1) is 0 Å². The van der Waals surface area contributed by atoms with Gasteiger partial charge in [0.2, 0.25) is 10.0 Å². The molecule has 0 bridgehead atoms. The van der Waals surface area contributed by atoms with Gasteiger partial charge in [-0.3, -0.25) is 4.79 Å². The van der Waals surface area contributed by atoms with E-state index < -0.39 is 16.0 Å². The van der Waals surface area contributed by atoms with E-state index in [0.29, 0.717) is 32.4 Å². The van der Waals surface area contributed by atoms with Crippen molar-refractivity contribution in [1.82, 2.24) is 4.31 Å². The minimum atomic E-state index is -3.23. The molecule has 7 heteroatoms. The fourth-order valence-electron chi connectivity index (χ4n) is 2.64. The lowest BCUT2D eigenvalue weighted by atomic mass is 10.1. The Hall–Kier alpha value is -0.660. The van der Waals surface area contributed by atoms with Gasteiger partial charge in [-0.2, -0.15) is 0 Å². The molecule has 0 aromatic carbocycles. The number of carboxylic acid groups (broad SMARTS) is 1. The summed E-state index contributed by atoms with van der Waals surface area (Å²) in [5.74, 6) is -0.787. The normalized spacial score (nSPS) is 13.3. The van der Waals surface area contributed by atoms with Gasteiger partial charge >= 0.3 is 5.97 Å². The number of hydrogen-bond donors (Lipinski definition) is 2. The van der Waals surface area contributed by atoms with Gasteiger partial charge in [0.05, 0.1) is 12.4 Å². The van der Waals surface area contributed by atoms with Crippen LogP contribution in [0.1, 0.15) is 77.6 Å². The first-order valence-electron chi connectivity index (χ1n) is 9.12. The highest BCUT2D eigenvalue weighted by atomic mass is 32.2. The Morgan fingerprint density at radius 3 is 2.12 bits per heavy atom. The van der Waals surface area contributed by atoms with Crippen molar-refractivity contribution >= 4 is 16.0 Å². The average Bonchev–Trinajstić information content (AvgIpc) is 2.47. The average molecular weight is 366 g/mol. The second kappa shape index (κ2) is 13.6. The molecule has 144 valence electrons. The highest BCUT2D eigenvalue weighted by molar-refractivity contribution is 7.88. The predicted octanol–water partition coefficient (Wildman–Crippen LogP) is 3.00. The van der Waals surface area contributed by atoms with Crippen molar-refractivity contribution in [2.75, 3.05) is 19.3 Å². The van der Waals surface area contributed by atoms with Crippen LogP contribution in [0, 0.1) is 0 Å². The largest absolute Gasteiger partial charge is 0.481 e. The van der Waals surface area contributed by atoms with Crippen molar-refractivity contribution in [2.24, 2.45) is 0 Å². The van der Waals surface area contributed by atoms with Crippen molar-refractivity contribution in [3.63, 3.8) is 0 Å². The van der Waals surface area contributed by atoms with Gasteiger partial charge in [-0.25, -0.2) is 12.7 Å². The Kier molecular flexibility index (Phi) is 13.2. The highest BCUT2D eigenvalue weighted by Gasteiger charge is 2.16. The Balaban J connectivity index is 3.96. The van der Waals surface area contributed by atoms with Crippen molar-refractivity contribution < 1.29 is 23.4 Å². The second-order valence-corrected chi connectivity index (χ2v) is 8.49. The Morgan fingerprint density at radius 2 is 1.54 bits per heavy atom.